The largest absolute Gasteiger partial charge is 0.449 e. The first kappa shape index (κ1) is 18.9. The van der Waals surface area contributed by atoms with E-state index in [1.807, 2.05) is 19.1 Å². The molecule has 0 aliphatic heterocycles. The van der Waals surface area contributed by atoms with Crippen molar-refractivity contribution in [2.24, 2.45) is 0 Å². The van der Waals surface area contributed by atoms with Gasteiger partial charge in [0.2, 0.25) is 0 Å². The molecule has 2 rings (SSSR count). The van der Waals surface area contributed by atoms with Crippen LogP contribution in [0.25, 0.3) is 6.08 Å². The van der Waals surface area contributed by atoms with E-state index < -0.39 is 22.9 Å². The van der Waals surface area contributed by atoms with Gasteiger partial charge in [-0.3, -0.25) is 14.9 Å². The highest BCUT2D eigenvalue weighted by atomic mass is 16.6. The quantitative estimate of drug-likeness (QED) is 0.370. The van der Waals surface area contributed by atoms with Crippen molar-refractivity contribution in [3.63, 3.8) is 0 Å². The van der Waals surface area contributed by atoms with E-state index in [2.05, 4.69) is 5.32 Å². The number of nitro benzene ring substituents is 1. The number of carbonyl (C=O) groups is 2. The topological polar surface area (TPSA) is 98.5 Å². The predicted molar refractivity (Wildman–Crippen MR) is 97.5 cm³/mol. The van der Waals surface area contributed by atoms with Gasteiger partial charge in [-0.15, -0.1) is 0 Å². The Morgan fingerprint density at radius 3 is 2.54 bits per heavy atom. The number of hydrogen-bond acceptors (Lipinski definition) is 5. The molecule has 7 heteroatoms. The van der Waals surface area contributed by atoms with E-state index >= 15 is 0 Å². The second kappa shape index (κ2) is 8.57. The van der Waals surface area contributed by atoms with Crippen LogP contribution in [0.15, 0.2) is 54.6 Å². The summed E-state index contributed by atoms with van der Waals surface area (Å²) in [4.78, 5) is 34.1. The van der Waals surface area contributed by atoms with E-state index in [1.165, 1.54) is 31.2 Å². The summed E-state index contributed by atoms with van der Waals surface area (Å²) in [6, 6.07) is 13.0. The van der Waals surface area contributed by atoms with Gasteiger partial charge in [0, 0.05) is 23.9 Å². The average Bonchev–Trinajstić information content (AvgIpc) is 2.62. The lowest BCUT2D eigenvalue weighted by Crippen LogP contribution is -2.29. The number of amides is 1. The Morgan fingerprint density at radius 2 is 1.88 bits per heavy atom. The zero-order chi connectivity index (χ0) is 19.1. The third-order valence-electron chi connectivity index (χ3n) is 3.47. The second-order valence-corrected chi connectivity index (χ2v) is 5.62. The van der Waals surface area contributed by atoms with Crippen LogP contribution in [0.2, 0.25) is 0 Å². The molecule has 0 aromatic heterocycles. The third-order valence-corrected chi connectivity index (χ3v) is 3.47. The van der Waals surface area contributed by atoms with Crippen molar-refractivity contribution < 1.29 is 19.2 Å². The number of carbonyl (C=O) groups excluding carboxylic acids is 2. The van der Waals surface area contributed by atoms with Gasteiger partial charge in [-0.1, -0.05) is 29.8 Å². The Hall–Kier alpha value is -3.48. The standard InChI is InChI=1S/C19H18N2O5/c1-13-6-9-16(10-7-13)20-19(23)14(2)26-18(22)11-8-15-4-3-5-17(12-15)21(24)25/h3-12,14H,1-2H3,(H,20,23)/b11-8+. The number of rotatable bonds is 6. The molecule has 1 atom stereocenters. The molecule has 0 aliphatic carbocycles. The monoisotopic (exact) mass is 354 g/mol. The van der Waals surface area contributed by atoms with Gasteiger partial charge in [-0.2, -0.15) is 0 Å². The maximum Gasteiger partial charge on any atom is 0.331 e. The molecule has 26 heavy (non-hydrogen) atoms. The molecule has 134 valence electrons. The molecule has 0 fully saturated rings. The average molecular weight is 354 g/mol. The maximum atomic E-state index is 12.0. The fourth-order valence-electron chi connectivity index (χ4n) is 2.05. The van der Waals surface area contributed by atoms with E-state index in [0.29, 0.717) is 11.3 Å². The van der Waals surface area contributed by atoms with Crippen LogP contribution < -0.4 is 5.32 Å². The van der Waals surface area contributed by atoms with Crippen molar-refractivity contribution in [3.8, 4) is 0 Å². The molecule has 1 N–H and O–H groups in total. The number of ether oxygens (including phenoxy) is 1. The molecule has 0 saturated carbocycles. The van der Waals surface area contributed by atoms with Gasteiger partial charge >= 0.3 is 5.97 Å². The molecule has 0 bridgehead atoms. The number of nitrogens with zero attached hydrogens (tertiary/aromatic N) is 1. The van der Waals surface area contributed by atoms with Gasteiger partial charge in [-0.05, 0) is 37.6 Å². The van der Waals surface area contributed by atoms with Crippen molar-refractivity contribution in [3.05, 3.63) is 75.8 Å². The van der Waals surface area contributed by atoms with Gasteiger partial charge in [-0.25, -0.2) is 4.79 Å². The van der Waals surface area contributed by atoms with Crippen LogP contribution in [0.5, 0.6) is 0 Å². The summed E-state index contributed by atoms with van der Waals surface area (Å²) in [5.41, 5.74) is 2.07. The first-order valence-corrected chi connectivity index (χ1v) is 7.86. The summed E-state index contributed by atoms with van der Waals surface area (Å²) in [7, 11) is 0. The summed E-state index contributed by atoms with van der Waals surface area (Å²) in [5.74, 6) is -1.17. The molecule has 1 unspecified atom stereocenters. The van der Waals surface area contributed by atoms with Crippen molar-refractivity contribution in [1.82, 2.24) is 0 Å². The number of aryl methyl sites for hydroxylation is 1. The Morgan fingerprint density at radius 1 is 1.19 bits per heavy atom. The van der Waals surface area contributed by atoms with E-state index in [-0.39, 0.29) is 5.69 Å². The van der Waals surface area contributed by atoms with Crippen LogP contribution >= 0.6 is 0 Å². The van der Waals surface area contributed by atoms with Gasteiger partial charge in [0.15, 0.2) is 6.10 Å². The fraction of sp³-hybridized carbons (Fsp3) is 0.158. The first-order chi connectivity index (χ1) is 12.3. The minimum Gasteiger partial charge on any atom is -0.449 e. The lowest BCUT2D eigenvalue weighted by atomic mass is 10.2. The van der Waals surface area contributed by atoms with Gasteiger partial charge in [0.25, 0.3) is 11.6 Å². The Bertz CT molecular complexity index is 843. The summed E-state index contributed by atoms with van der Waals surface area (Å²) in [6.45, 7) is 3.40. The summed E-state index contributed by atoms with van der Waals surface area (Å²) < 4.78 is 5.04. The zero-order valence-corrected chi connectivity index (χ0v) is 14.3. The van der Waals surface area contributed by atoms with Crippen LogP contribution in [0.3, 0.4) is 0 Å². The van der Waals surface area contributed by atoms with Crippen molar-refractivity contribution in [2.75, 3.05) is 5.32 Å². The molecule has 2 aromatic carbocycles. The predicted octanol–water partition coefficient (Wildman–Crippen LogP) is 3.49. The number of anilines is 1. The van der Waals surface area contributed by atoms with E-state index in [0.717, 1.165) is 11.6 Å². The minimum atomic E-state index is -0.987. The SMILES string of the molecule is Cc1ccc(NC(=O)C(C)OC(=O)/C=C/c2cccc([N+](=O)[O-])c2)cc1. The highest BCUT2D eigenvalue weighted by molar-refractivity contribution is 5.96. The molecule has 0 radical (unpaired) electrons. The lowest BCUT2D eigenvalue weighted by molar-refractivity contribution is -0.384. The number of hydrogen-bond donors (Lipinski definition) is 1. The number of nitrogens with one attached hydrogen (secondary N) is 1. The van der Waals surface area contributed by atoms with Crippen molar-refractivity contribution >= 4 is 29.3 Å². The van der Waals surface area contributed by atoms with Gasteiger partial charge in [0.05, 0.1) is 4.92 Å². The third kappa shape index (κ3) is 5.55. The molecule has 0 saturated heterocycles. The summed E-state index contributed by atoms with van der Waals surface area (Å²) in [6.07, 6.45) is 1.52. The Labute approximate surface area is 150 Å². The minimum absolute atomic E-state index is 0.0774. The Kier molecular flexibility index (Phi) is 6.21. The molecule has 1 amide bonds. The number of non-ortho nitro benzene ring substituents is 1. The smallest absolute Gasteiger partial charge is 0.331 e. The number of nitro groups is 1. The fourth-order valence-corrected chi connectivity index (χ4v) is 2.05. The summed E-state index contributed by atoms with van der Waals surface area (Å²) >= 11 is 0. The van der Waals surface area contributed by atoms with Gasteiger partial charge < -0.3 is 10.1 Å². The molecule has 2 aromatic rings. The van der Waals surface area contributed by atoms with E-state index in [9.17, 15) is 19.7 Å². The molecule has 7 nitrogen and oxygen atoms in total. The molecular formula is C19H18N2O5. The van der Waals surface area contributed by atoms with E-state index in [1.54, 1.807) is 18.2 Å². The van der Waals surface area contributed by atoms with Crippen LogP contribution in [-0.4, -0.2) is 22.9 Å². The highest BCUT2D eigenvalue weighted by Gasteiger charge is 2.16. The van der Waals surface area contributed by atoms with Crippen LogP contribution in [0.1, 0.15) is 18.1 Å². The summed E-state index contributed by atoms with van der Waals surface area (Å²) in [5, 5.41) is 13.4. The molecular weight excluding hydrogens is 336 g/mol. The maximum absolute atomic E-state index is 12.0. The Balaban J connectivity index is 1.91. The lowest BCUT2D eigenvalue weighted by Gasteiger charge is -2.12. The van der Waals surface area contributed by atoms with Crippen molar-refractivity contribution in [1.29, 1.82) is 0 Å². The normalized spacial score (nSPS) is 11.8. The highest BCUT2D eigenvalue weighted by Crippen LogP contribution is 2.14. The van der Waals surface area contributed by atoms with Gasteiger partial charge in [0.1, 0.15) is 0 Å². The van der Waals surface area contributed by atoms with Crippen LogP contribution in [-0.2, 0) is 14.3 Å². The van der Waals surface area contributed by atoms with Crippen LogP contribution in [0.4, 0.5) is 11.4 Å². The van der Waals surface area contributed by atoms with Crippen molar-refractivity contribution in [2.45, 2.75) is 20.0 Å². The molecule has 0 spiro atoms. The molecule has 0 aliphatic rings. The zero-order valence-electron chi connectivity index (χ0n) is 14.3. The van der Waals surface area contributed by atoms with E-state index in [4.69, 9.17) is 4.74 Å². The first-order valence-electron chi connectivity index (χ1n) is 7.86. The number of esters is 1. The van der Waals surface area contributed by atoms with Crippen LogP contribution in [0, 0.1) is 17.0 Å². The second-order valence-electron chi connectivity index (χ2n) is 5.62. The number of benzene rings is 2. The molecule has 0 heterocycles.